The quantitative estimate of drug-likeness (QED) is 0.500. The van der Waals surface area contributed by atoms with Crippen molar-refractivity contribution in [3.63, 3.8) is 0 Å². The molecule has 0 radical (unpaired) electrons. The standard InChI is InChI=1S/C27H30N4O2/c1-18-9-8-13-23(19(18)2)29-25(32)17-31-27(33)26-22(15-28-31)21-12-6-7-14-24(21)30(26)16-20-10-4-3-5-11-20/h3-7,10-12,14-15,18-19,23H,8-9,13,16-17H2,1-2H3,(H,29,32)/t18-,19+,23+/m1/s1. The van der Waals surface area contributed by atoms with Crippen molar-refractivity contribution < 1.29 is 4.79 Å². The van der Waals surface area contributed by atoms with Gasteiger partial charge in [-0.1, -0.05) is 75.2 Å². The van der Waals surface area contributed by atoms with Gasteiger partial charge in [-0.3, -0.25) is 9.59 Å². The van der Waals surface area contributed by atoms with Crippen LogP contribution in [0, 0.1) is 11.8 Å². The van der Waals surface area contributed by atoms with Crippen LogP contribution in [0.15, 0.2) is 65.6 Å². The highest BCUT2D eigenvalue weighted by Crippen LogP contribution is 2.30. The second-order valence-corrected chi connectivity index (χ2v) is 9.40. The third-order valence-corrected chi connectivity index (χ3v) is 7.30. The Morgan fingerprint density at radius 3 is 2.61 bits per heavy atom. The summed E-state index contributed by atoms with van der Waals surface area (Å²) in [5, 5.41) is 9.34. The number of hydrogen-bond donors (Lipinski definition) is 1. The minimum Gasteiger partial charge on any atom is -0.351 e. The molecule has 170 valence electrons. The van der Waals surface area contributed by atoms with Crippen molar-refractivity contribution in [3.8, 4) is 0 Å². The maximum absolute atomic E-state index is 13.6. The van der Waals surface area contributed by atoms with Crippen LogP contribution in [0.4, 0.5) is 0 Å². The summed E-state index contributed by atoms with van der Waals surface area (Å²) in [6.45, 7) is 4.95. The van der Waals surface area contributed by atoms with E-state index in [9.17, 15) is 9.59 Å². The molecule has 2 aromatic carbocycles. The fourth-order valence-electron chi connectivity index (χ4n) is 5.21. The Labute approximate surface area is 193 Å². The normalized spacial score (nSPS) is 20.8. The van der Waals surface area contributed by atoms with E-state index in [0.717, 1.165) is 34.7 Å². The van der Waals surface area contributed by atoms with Gasteiger partial charge in [-0.15, -0.1) is 0 Å². The first-order valence-corrected chi connectivity index (χ1v) is 11.8. The van der Waals surface area contributed by atoms with E-state index in [-0.39, 0.29) is 24.1 Å². The van der Waals surface area contributed by atoms with E-state index in [2.05, 4.69) is 36.4 Å². The summed E-state index contributed by atoms with van der Waals surface area (Å²) in [4.78, 5) is 26.4. The lowest BCUT2D eigenvalue weighted by Gasteiger charge is -2.34. The fraction of sp³-hybridized carbons (Fsp3) is 0.370. The van der Waals surface area contributed by atoms with Crippen LogP contribution in [-0.2, 0) is 17.9 Å². The first-order valence-electron chi connectivity index (χ1n) is 11.8. The number of para-hydroxylation sites is 1. The van der Waals surface area contributed by atoms with E-state index in [1.54, 1.807) is 6.20 Å². The van der Waals surface area contributed by atoms with Crippen LogP contribution in [0.5, 0.6) is 0 Å². The molecule has 0 unspecified atom stereocenters. The third kappa shape index (κ3) is 4.06. The Hall–Kier alpha value is -3.41. The number of carbonyl (C=O) groups is 1. The predicted molar refractivity (Wildman–Crippen MR) is 131 cm³/mol. The number of rotatable bonds is 5. The third-order valence-electron chi connectivity index (χ3n) is 7.30. The summed E-state index contributed by atoms with van der Waals surface area (Å²) < 4.78 is 3.35. The van der Waals surface area contributed by atoms with Gasteiger partial charge in [-0.25, -0.2) is 4.68 Å². The minimum atomic E-state index is -0.236. The maximum Gasteiger partial charge on any atom is 0.291 e. The van der Waals surface area contributed by atoms with Crippen LogP contribution in [0.1, 0.15) is 38.7 Å². The van der Waals surface area contributed by atoms with Gasteiger partial charge in [0, 0.05) is 28.9 Å². The molecule has 1 aliphatic rings. The van der Waals surface area contributed by atoms with Gasteiger partial charge in [0.25, 0.3) is 5.56 Å². The predicted octanol–water partition coefficient (Wildman–Crippen LogP) is 4.34. The van der Waals surface area contributed by atoms with Crippen LogP contribution >= 0.6 is 0 Å². The van der Waals surface area contributed by atoms with Crippen molar-refractivity contribution in [2.75, 3.05) is 0 Å². The van der Waals surface area contributed by atoms with Crippen molar-refractivity contribution in [2.24, 2.45) is 11.8 Å². The molecule has 6 nitrogen and oxygen atoms in total. The first-order chi connectivity index (χ1) is 16.0. The number of aromatic nitrogens is 3. The lowest BCUT2D eigenvalue weighted by atomic mass is 9.78. The van der Waals surface area contributed by atoms with Crippen LogP contribution in [0.3, 0.4) is 0 Å². The molecule has 1 amide bonds. The van der Waals surface area contributed by atoms with E-state index >= 15 is 0 Å². The molecule has 5 rings (SSSR count). The molecule has 4 aromatic rings. The van der Waals surface area contributed by atoms with Gasteiger partial charge in [0.1, 0.15) is 12.1 Å². The number of amides is 1. The Bertz CT molecular complexity index is 1360. The van der Waals surface area contributed by atoms with E-state index in [1.165, 1.54) is 11.1 Å². The van der Waals surface area contributed by atoms with Crippen LogP contribution in [0.25, 0.3) is 21.8 Å². The van der Waals surface area contributed by atoms with E-state index in [4.69, 9.17) is 0 Å². The molecule has 1 fully saturated rings. The summed E-state index contributed by atoms with van der Waals surface area (Å²) in [5.74, 6) is 0.874. The first kappa shape index (κ1) is 21.4. The lowest BCUT2D eigenvalue weighted by molar-refractivity contribution is -0.123. The van der Waals surface area contributed by atoms with E-state index < -0.39 is 0 Å². The average Bonchev–Trinajstić information content (AvgIpc) is 3.14. The zero-order valence-corrected chi connectivity index (χ0v) is 19.2. The zero-order chi connectivity index (χ0) is 22.9. The molecule has 1 saturated carbocycles. The summed E-state index contributed by atoms with van der Waals surface area (Å²) in [5.41, 5.74) is 2.45. The monoisotopic (exact) mass is 442 g/mol. The topological polar surface area (TPSA) is 68.9 Å². The molecule has 0 bridgehead atoms. The summed E-state index contributed by atoms with van der Waals surface area (Å²) in [6.07, 6.45) is 5.04. The summed E-state index contributed by atoms with van der Waals surface area (Å²) >= 11 is 0. The van der Waals surface area contributed by atoms with Crippen molar-refractivity contribution in [3.05, 3.63) is 76.7 Å². The van der Waals surface area contributed by atoms with Gasteiger partial charge in [0.2, 0.25) is 5.91 Å². The average molecular weight is 443 g/mol. The van der Waals surface area contributed by atoms with Gasteiger partial charge >= 0.3 is 0 Å². The molecule has 3 atom stereocenters. The largest absolute Gasteiger partial charge is 0.351 e. The van der Waals surface area contributed by atoms with E-state index in [0.29, 0.717) is 23.9 Å². The second kappa shape index (κ2) is 8.85. The van der Waals surface area contributed by atoms with Crippen LogP contribution < -0.4 is 10.9 Å². The van der Waals surface area contributed by atoms with E-state index in [1.807, 2.05) is 47.0 Å². The molecule has 33 heavy (non-hydrogen) atoms. The molecule has 0 saturated heterocycles. The number of nitrogens with one attached hydrogen (secondary N) is 1. The van der Waals surface area contributed by atoms with Gasteiger partial charge in [0.05, 0.1) is 6.20 Å². The molecule has 6 heteroatoms. The molecule has 1 aliphatic carbocycles. The van der Waals surface area contributed by atoms with Gasteiger partial charge in [0.15, 0.2) is 0 Å². The van der Waals surface area contributed by atoms with Crippen molar-refractivity contribution >= 4 is 27.7 Å². The number of fused-ring (bicyclic) bond motifs is 3. The number of carbonyl (C=O) groups excluding carboxylic acids is 1. The fourth-order valence-corrected chi connectivity index (χ4v) is 5.21. The van der Waals surface area contributed by atoms with Crippen LogP contribution in [-0.4, -0.2) is 26.3 Å². The van der Waals surface area contributed by atoms with Gasteiger partial charge in [-0.05, 0) is 29.9 Å². The van der Waals surface area contributed by atoms with Crippen molar-refractivity contribution in [1.29, 1.82) is 0 Å². The Balaban J connectivity index is 1.50. The molecule has 0 spiro atoms. The Morgan fingerprint density at radius 1 is 1.03 bits per heavy atom. The summed E-state index contributed by atoms with van der Waals surface area (Å²) in [6, 6.07) is 18.3. The molecule has 0 aliphatic heterocycles. The molecule has 2 heterocycles. The SMILES string of the molecule is C[C@H]1[C@H](C)CCC[C@@H]1NC(=O)Cn1ncc2c3ccccc3n(Cc3ccccc3)c2c1=O. The molecular weight excluding hydrogens is 412 g/mol. The minimum absolute atomic E-state index is 0.0702. The van der Waals surface area contributed by atoms with Gasteiger partial charge in [-0.2, -0.15) is 5.10 Å². The molecular formula is C27H30N4O2. The van der Waals surface area contributed by atoms with Crippen molar-refractivity contribution in [2.45, 2.75) is 52.2 Å². The highest BCUT2D eigenvalue weighted by Gasteiger charge is 2.28. The number of hydrogen-bond acceptors (Lipinski definition) is 3. The number of benzene rings is 2. The highest BCUT2D eigenvalue weighted by molar-refractivity contribution is 6.07. The maximum atomic E-state index is 13.6. The Kier molecular flexibility index (Phi) is 5.75. The van der Waals surface area contributed by atoms with Gasteiger partial charge < -0.3 is 9.88 Å². The lowest BCUT2D eigenvalue weighted by Crippen LogP contribution is -2.45. The summed E-state index contributed by atoms with van der Waals surface area (Å²) in [7, 11) is 0. The van der Waals surface area contributed by atoms with Crippen LogP contribution in [0.2, 0.25) is 0 Å². The Morgan fingerprint density at radius 2 is 1.79 bits per heavy atom. The number of nitrogens with zero attached hydrogens (tertiary/aromatic N) is 3. The smallest absolute Gasteiger partial charge is 0.291 e. The second-order valence-electron chi connectivity index (χ2n) is 9.40. The zero-order valence-electron chi connectivity index (χ0n) is 19.2. The molecule has 2 aromatic heterocycles. The van der Waals surface area contributed by atoms with Crippen molar-refractivity contribution in [1.82, 2.24) is 19.7 Å². The highest BCUT2D eigenvalue weighted by atomic mass is 16.2. The molecule has 1 N–H and O–H groups in total.